The number of piperidine rings is 2. The van der Waals surface area contributed by atoms with Crippen molar-refractivity contribution >= 4 is 36.3 Å². The van der Waals surface area contributed by atoms with Crippen molar-refractivity contribution in [2.75, 3.05) is 32.8 Å². The van der Waals surface area contributed by atoms with Gasteiger partial charge in [0.1, 0.15) is 6.61 Å². The van der Waals surface area contributed by atoms with E-state index in [0.29, 0.717) is 44.9 Å². The summed E-state index contributed by atoms with van der Waals surface area (Å²) in [6.07, 6.45) is 3.13. The van der Waals surface area contributed by atoms with Crippen LogP contribution in [0.25, 0.3) is 0 Å². The molecule has 2 aliphatic heterocycles. The summed E-state index contributed by atoms with van der Waals surface area (Å²) in [5.74, 6) is -0.590. The minimum Gasteiger partial charge on any atom is -0.466 e. The Hall–Kier alpha value is -2.85. The van der Waals surface area contributed by atoms with E-state index < -0.39 is 12.1 Å². The van der Waals surface area contributed by atoms with Crippen LogP contribution in [0.2, 0.25) is 0 Å². The lowest BCUT2D eigenvalue weighted by Crippen LogP contribution is -2.50. The molecule has 2 saturated heterocycles. The van der Waals surface area contributed by atoms with Gasteiger partial charge in [0.05, 0.1) is 25.1 Å². The molecule has 3 N–H and O–H groups in total. The predicted molar refractivity (Wildman–Crippen MR) is 144 cm³/mol. The van der Waals surface area contributed by atoms with Crippen molar-refractivity contribution in [1.29, 1.82) is 0 Å². The third kappa shape index (κ3) is 10.1. The van der Waals surface area contributed by atoms with Gasteiger partial charge in [0.2, 0.25) is 11.8 Å². The fraction of sp³-hybridized carbons (Fsp3) is 0.630. The van der Waals surface area contributed by atoms with E-state index in [0.717, 1.165) is 31.2 Å². The van der Waals surface area contributed by atoms with Crippen LogP contribution in [0.15, 0.2) is 30.3 Å². The first kappa shape index (κ1) is 31.4. The van der Waals surface area contributed by atoms with E-state index in [2.05, 4.69) is 5.32 Å². The molecule has 11 heteroatoms. The summed E-state index contributed by atoms with van der Waals surface area (Å²) in [6, 6.07) is 9.61. The van der Waals surface area contributed by atoms with Gasteiger partial charge in [-0.15, -0.1) is 12.4 Å². The second-order valence-electron chi connectivity index (χ2n) is 9.81. The summed E-state index contributed by atoms with van der Waals surface area (Å²) < 4.78 is 10.3. The quantitative estimate of drug-likeness (QED) is 0.337. The van der Waals surface area contributed by atoms with Gasteiger partial charge in [0, 0.05) is 32.6 Å². The van der Waals surface area contributed by atoms with Gasteiger partial charge in [-0.25, -0.2) is 4.79 Å². The number of hydrogen-bond acceptors (Lipinski definition) is 7. The molecule has 2 heterocycles. The molecule has 0 aliphatic carbocycles. The smallest absolute Gasteiger partial charge is 0.410 e. The van der Waals surface area contributed by atoms with E-state index >= 15 is 0 Å². The van der Waals surface area contributed by atoms with Crippen LogP contribution in [-0.2, 0) is 30.5 Å². The summed E-state index contributed by atoms with van der Waals surface area (Å²) in [7, 11) is 0. The summed E-state index contributed by atoms with van der Waals surface area (Å²) in [5, 5.41) is 2.67. The zero-order valence-corrected chi connectivity index (χ0v) is 23.0. The predicted octanol–water partition coefficient (Wildman–Crippen LogP) is 2.83. The van der Waals surface area contributed by atoms with E-state index in [1.54, 1.807) is 16.7 Å². The summed E-state index contributed by atoms with van der Waals surface area (Å²) in [6.45, 7) is 4.50. The van der Waals surface area contributed by atoms with Crippen LogP contribution in [0.5, 0.6) is 0 Å². The first-order valence-electron chi connectivity index (χ1n) is 13.3. The average Bonchev–Trinajstić information content (AvgIpc) is 2.91. The molecule has 38 heavy (non-hydrogen) atoms. The van der Waals surface area contributed by atoms with Crippen LogP contribution in [-0.4, -0.2) is 72.6 Å². The van der Waals surface area contributed by atoms with Crippen molar-refractivity contribution in [1.82, 2.24) is 15.1 Å². The van der Waals surface area contributed by atoms with Crippen molar-refractivity contribution in [3.8, 4) is 0 Å². The Balaban J connectivity index is 0.00000507. The first-order valence-corrected chi connectivity index (χ1v) is 13.3. The molecule has 1 aromatic rings. The number of benzene rings is 1. The van der Waals surface area contributed by atoms with Crippen LogP contribution in [0.1, 0.15) is 57.4 Å². The number of nitrogens with zero attached hydrogens (tertiary/aromatic N) is 2. The van der Waals surface area contributed by atoms with Gasteiger partial charge in [-0.2, -0.15) is 0 Å². The van der Waals surface area contributed by atoms with Crippen molar-refractivity contribution in [2.24, 2.45) is 17.6 Å². The van der Waals surface area contributed by atoms with Crippen molar-refractivity contribution in [3.63, 3.8) is 0 Å². The number of nitrogens with two attached hydrogens (primary N) is 1. The Morgan fingerprint density at radius 3 is 2.42 bits per heavy atom. The fourth-order valence-electron chi connectivity index (χ4n) is 4.87. The van der Waals surface area contributed by atoms with Gasteiger partial charge in [-0.1, -0.05) is 30.3 Å². The minimum absolute atomic E-state index is 0. The number of halogens is 1. The maximum absolute atomic E-state index is 12.9. The molecule has 212 valence electrons. The van der Waals surface area contributed by atoms with Gasteiger partial charge in [-0.05, 0) is 50.5 Å². The van der Waals surface area contributed by atoms with Crippen molar-refractivity contribution < 1.29 is 28.7 Å². The number of carbonyl (C=O) groups excluding carboxylic acids is 4. The molecular formula is C27H41ClN4O6. The van der Waals surface area contributed by atoms with Crippen LogP contribution in [0.3, 0.4) is 0 Å². The van der Waals surface area contributed by atoms with E-state index in [4.69, 9.17) is 15.2 Å². The van der Waals surface area contributed by atoms with E-state index in [1.165, 1.54) is 0 Å². The Morgan fingerprint density at radius 1 is 1.03 bits per heavy atom. The van der Waals surface area contributed by atoms with Crippen molar-refractivity contribution in [2.45, 2.75) is 64.6 Å². The highest BCUT2D eigenvalue weighted by molar-refractivity contribution is 5.85. The molecule has 0 unspecified atom stereocenters. The highest BCUT2D eigenvalue weighted by Gasteiger charge is 2.30. The Kier molecular flexibility index (Phi) is 13.4. The molecule has 1 aromatic carbocycles. The molecule has 3 rings (SSSR count). The number of nitrogens with one attached hydrogen (secondary N) is 1. The standard InChI is InChI=1S/C27H40N4O6.ClH/c1-2-36-25(33)17-23(28)29-26(34)22-9-6-14-31(18-22)24(32)11-10-20-12-15-30(16-13-20)27(35)37-19-21-7-4-3-5-8-21;/h3-5,7-8,20,22-23H,2,6,9-19,28H2,1H3,(H,29,34);1H/t22-,23+;/m1./s1. The molecular weight excluding hydrogens is 512 g/mol. The number of amides is 3. The molecule has 10 nitrogen and oxygen atoms in total. The SMILES string of the molecule is CCOC(=O)C[C@@H](N)NC(=O)[C@@H]1CCCN(C(=O)CCC2CCN(C(=O)OCc3ccccc3)CC2)C1.Cl. The monoisotopic (exact) mass is 552 g/mol. The first-order chi connectivity index (χ1) is 17.9. The maximum Gasteiger partial charge on any atom is 0.410 e. The molecule has 0 aromatic heterocycles. The Bertz CT molecular complexity index is 910. The second kappa shape index (κ2) is 16.2. The molecule has 2 fully saturated rings. The molecule has 0 bridgehead atoms. The Labute approximate surface area is 231 Å². The average molecular weight is 553 g/mol. The summed E-state index contributed by atoms with van der Waals surface area (Å²) in [4.78, 5) is 52.9. The lowest BCUT2D eigenvalue weighted by Gasteiger charge is -2.34. The highest BCUT2D eigenvalue weighted by Crippen LogP contribution is 2.24. The molecule has 0 saturated carbocycles. The minimum atomic E-state index is -0.806. The third-order valence-corrected chi connectivity index (χ3v) is 7.01. The zero-order valence-electron chi connectivity index (χ0n) is 22.1. The molecule has 0 radical (unpaired) electrons. The summed E-state index contributed by atoms with van der Waals surface area (Å²) in [5.41, 5.74) is 6.82. The number of hydrogen-bond donors (Lipinski definition) is 2. The van der Waals surface area contributed by atoms with Gasteiger partial charge in [0.25, 0.3) is 0 Å². The molecule has 0 spiro atoms. The van der Waals surface area contributed by atoms with E-state index in [-0.39, 0.29) is 55.9 Å². The normalized spacial score (nSPS) is 18.6. The molecule has 2 aliphatic rings. The zero-order chi connectivity index (χ0) is 26.6. The number of carbonyl (C=O) groups is 4. The number of esters is 1. The van der Waals surface area contributed by atoms with Crippen molar-refractivity contribution in [3.05, 3.63) is 35.9 Å². The largest absolute Gasteiger partial charge is 0.466 e. The van der Waals surface area contributed by atoms with Gasteiger partial charge in [0.15, 0.2) is 0 Å². The lowest BCUT2D eigenvalue weighted by molar-refractivity contribution is -0.143. The second-order valence-corrected chi connectivity index (χ2v) is 9.81. The third-order valence-electron chi connectivity index (χ3n) is 7.01. The molecule has 2 atom stereocenters. The van der Waals surface area contributed by atoms with Crippen LogP contribution < -0.4 is 11.1 Å². The summed E-state index contributed by atoms with van der Waals surface area (Å²) >= 11 is 0. The van der Waals surface area contributed by atoms with Crippen LogP contribution in [0, 0.1) is 11.8 Å². The number of likely N-dealkylation sites (tertiary alicyclic amines) is 2. The lowest BCUT2D eigenvalue weighted by atomic mass is 9.91. The van der Waals surface area contributed by atoms with E-state index in [1.807, 2.05) is 30.3 Å². The molecule has 3 amide bonds. The van der Waals surface area contributed by atoms with Gasteiger partial charge < -0.3 is 30.3 Å². The van der Waals surface area contributed by atoms with Gasteiger partial charge >= 0.3 is 12.1 Å². The topological polar surface area (TPSA) is 131 Å². The number of ether oxygens (including phenoxy) is 2. The van der Waals surface area contributed by atoms with E-state index in [9.17, 15) is 19.2 Å². The number of rotatable bonds is 10. The van der Waals surface area contributed by atoms with Crippen LogP contribution >= 0.6 is 12.4 Å². The Morgan fingerprint density at radius 2 is 1.74 bits per heavy atom. The fourth-order valence-corrected chi connectivity index (χ4v) is 4.87. The van der Waals surface area contributed by atoms with Crippen LogP contribution in [0.4, 0.5) is 4.79 Å². The highest BCUT2D eigenvalue weighted by atomic mass is 35.5. The maximum atomic E-state index is 12.9. The van der Waals surface area contributed by atoms with Gasteiger partial charge in [-0.3, -0.25) is 14.4 Å².